The van der Waals surface area contributed by atoms with Gasteiger partial charge in [0.15, 0.2) is 6.67 Å². The summed E-state index contributed by atoms with van der Waals surface area (Å²) in [6, 6.07) is 14.7. The molecule has 2 aromatic carbocycles. The molecule has 1 aliphatic rings. The van der Waals surface area contributed by atoms with Crippen molar-refractivity contribution in [2.75, 3.05) is 20.8 Å². The van der Waals surface area contributed by atoms with Gasteiger partial charge < -0.3 is 15.5 Å². The first kappa shape index (κ1) is 21.5. The molecule has 1 saturated heterocycles. The summed E-state index contributed by atoms with van der Waals surface area (Å²) in [5, 5.41) is 5.52. The Labute approximate surface area is 177 Å². The van der Waals surface area contributed by atoms with E-state index >= 15 is 0 Å². The summed E-state index contributed by atoms with van der Waals surface area (Å²) in [4.78, 5) is 39.9. The number of nitrogens with one attached hydrogen (secondary N) is 3. The second-order valence-corrected chi connectivity index (χ2v) is 7.86. The van der Waals surface area contributed by atoms with E-state index in [1.807, 2.05) is 57.3 Å². The maximum absolute atomic E-state index is 13.3. The molecule has 158 valence electrons. The minimum absolute atomic E-state index is 0.131. The second kappa shape index (κ2) is 8.67. The zero-order valence-electron chi connectivity index (χ0n) is 17.9. The highest BCUT2D eigenvalue weighted by atomic mass is 16.2. The Morgan fingerprint density at radius 3 is 2.30 bits per heavy atom. The summed E-state index contributed by atoms with van der Waals surface area (Å²) in [6.45, 7) is 4.78. The van der Waals surface area contributed by atoms with Crippen molar-refractivity contribution in [3.8, 4) is 0 Å². The fourth-order valence-corrected chi connectivity index (χ4v) is 3.84. The van der Waals surface area contributed by atoms with Crippen LogP contribution >= 0.6 is 0 Å². The van der Waals surface area contributed by atoms with Gasteiger partial charge >= 0.3 is 6.03 Å². The number of amides is 4. The lowest BCUT2D eigenvalue weighted by atomic mass is 9.87. The molecular formula is C23H29N4O3+. The minimum atomic E-state index is -1.01. The number of hydrogen-bond donors (Lipinski definition) is 3. The number of imide groups is 1. The van der Waals surface area contributed by atoms with Crippen molar-refractivity contribution >= 4 is 17.8 Å². The minimum Gasteiger partial charge on any atom is -0.355 e. The first-order chi connectivity index (χ1) is 14.3. The molecule has 1 aliphatic heterocycles. The van der Waals surface area contributed by atoms with Gasteiger partial charge in [-0.3, -0.25) is 9.59 Å². The van der Waals surface area contributed by atoms with Crippen molar-refractivity contribution in [1.82, 2.24) is 15.5 Å². The van der Waals surface area contributed by atoms with Crippen LogP contribution in [0.1, 0.15) is 40.4 Å². The fourth-order valence-electron chi connectivity index (χ4n) is 3.84. The molecule has 7 nitrogen and oxygen atoms in total. The maximum Gasteiger partial charge on any atom is 0.329 e. The number of carbonyl (C=O) groups is 3. The van der Waals surface area contributed by atoms with Gasteiger partial charge in [-0.25, -0.2) is 9.69 Å². The van der Waals surface area contributed by atoms with Crippen molar-refractivity contribution < 1.29 is 19.3 Å². The van der Waals surface area contributed by atoms with E-state index in [1.54, 1.807) is 19.2 Å². The molecule has 1 heterocycles. The molecule has 3 N–H and O–H groups in total. The lowest BCUT2D eigenvalue weighted by Gasteiger charge is -2.26. The standard InChI is InChI=1S/C23H28N4O3/c1-5-23(19-12-6-16(2)7-13-19)21(29)27(22(30)25-23)15-26(4)14-17-8-10-18(11-9-17)20(28)24-3/h6-13H,5,14-15H2,1-4H3,(H,24,28)(H,25,30)/p+1/t23-/m1/s1. The van der Waals surface area contributed by atoms with E-state index in [-0.39, 0.29) is 24.5 Å². The van der Waals surface area contributed by atoms with E-state index in [2.05, 4.69) is 10.6 Å². The van der Waals surface area contributed by atoms with Crippen LogP contribution in [0.5, 0.6) is 0 Å². The van der Waals surface area contributed by atoms with Crippen LogP contribution in [0, 0.1) is 6.92 Å². The third-order valence-corrected chi connectivity index (χ3v) is 5.63. The van der Waals surface area contributed by atoms with Crippen molar-refractivity contribution in [2.45, 2.75) is 32.4 Å². The molecule has 0 radical (unpaired) electrons. The van der Waals surface area contributed by atoms with Gasteiger partial charge in [0.2, 0.25) is 0 Å². The maximum atomic E-state index is 13.3. The number of benzene rings is 2. The monoisotopic (exact) mass is 409 g/mol. The van der Waals surface area contributed by atoms with Crippen LogP contribution in [-0.2, 0) is 16.9 Å². The average Bonchev–Trinajstić information content (AvgIpc) is 2.99. The van der Waals surface area contributed by atoms with Gasteiger partial charge in [-0.2, -0.15) is 0 Å². The summed E-state index contributed by atoms with van der Waals surface area (Å²) in [5.74, 6) is -0.346. The molecule has 7 heteroatoms. The Balaban J connectivity index is 1.71. The molecule has 3 rings (SSSR count). The van der Waals surface area contributed by atoms with Gasteiger partial charge in [0, 0.05) is 18.2 Å². The largest absolute Gasteiger partial charge is 0.355 e. The average molecular weight is 410 g/mol. The van der Waals surface area contributed by atoms with Crippen LogP contribution in [0.25, 0.3) is 0 Å². The van der Waals surface area contributed by atoms with Crippen LogP contribution in [-0.4, -0.2) is 43.5 Å². The molecule has 0 saturated carbocycles. The van der Waals surface area contributed by atoms with Gasteiger partial charge in [0.25, 0.3) is 11.8 Å². The van der Waals surface area contributed by atoms with Crippen LogP contribution in [0.3, 0.4) is 0 Å². The number of nitrogens with zero attached hydrogens (tertiary/aromatic N) is 1. The fraction of sp³-hybridized carbons (Fsp3) is 0.348. The van der Waals surface area contributed by atoms with E-state index in [0.29, 0.717) is 18.5 Å². The van der Waals surface area contributed by atoms with Gasteiger partial charge in [0.05, 0.1) is 7.05 Å². The van der Waals surface area contributed by atoms with Gasteiger partial charge in [-0.05, 0) is 31.0 Å². The van der Waals surface area contributed by atoms with E-state index in [0.717, 1.165) is 21.6 Å². The van der Waals surface area contributed by atoms with Crippen LogP contribution in [0.4, 0.5) is 4.79 Å². The highest BCUT2D eigenvalue weighted by Gasteiger charge is 2.52. The molecule has 0 aliphatic carbocycles. The normalized spacial score (nSPS) is 19.5. The Bertz CT molecular complexity index is 940. The molecule has 1 unspecified atom stereocenters. The quantitative estimate of drug-likeness (QED) is 0.601. The molecule has 4 amide bonds. The molecule has 2 atom stereocenters. The Morgan fingerprint density at radius 2 is 1.73 bits per heavy atom. The smallest absolute Gasteiger partial charge is 0.329 e. The first-order valence-electron chi connectivity index (χ1n) is 10.1. The zero-order valence-corrected chi connectivity index (χ0v) is 17.9. The molecular weight excluding hydrogens is 380 g/mol. The molecule has 0 aromatic heterocycles. The molecule has 0 bridgehead atoms. The Hall–Kier alpha value is -3.19. The second-order valence-electron chi connectivity index (χ2n) is 7.86. The van der Waals surface area contributed by atoms with E-state index in [9.17, 15) is 14.4 Å². The van der Waals surface area contributed by atoms with Gasteiger partial charge in [0.1, 0.15) is 12.1 Å². The lowest BCUT2D eigenvalue weighted by molar-refractivity contribution is -0.901. The highest BCUT2D eigenvalue weighted by Crippen LogP contribution is 2.32. The predicted octanol–water partition coefficient (Wildman–Crippen LogP) is 1.18. The van der Waals surface area contributed by atoms with E-state index < -0.39 is 5.54 Å². The third kappa shape index (κ3) is 4.07. The van der Waals surface area contributed by atoms with E-state index in [1.165, 1.54) is 4.90 Å². The lowest BCUT2D eigenvalue weighted by Crippen LogP contribution is -3.09. The molecule has 2 aromatic rings. The summed E-state index contributed by atoms with van der Waals surface area (Å²) < 4.78 is 0. The summed E-state index contributed by atoms with van der Waals surface area (Å²) in [7, 11) is 3.53. The third-order valence-electron chi connectivity index (χ3n) is 5.63. The van der Waals surface area contributed by atoms with Crippen LogP contribution in [0.2, 0.25) is 0 Å². The predicted molar refractivity (Wildman–Crippen MR) is 114 cm³/mol. The van der Waals surface area contributed by atoms with Gasteiger partial charge in [-0.1, -0.05) is 48.9 Å². The van der Waals surface area contributed by atoms with E-state index in [4.69, 9.17) is 0 Å². The zero-order chi connectivity index (χ0) is 21.9. The number of carbonyl (C=O) groups excluding carboxylic acids is 3. The van der Waals surface area contributed by atoms with Crippen molar-refractivity contribution in [2.24, 2.45) is 0 Å². The number of hydrogen-bond acceptors (Lipinski definition) is 3. The topological polar surface area (TPSA) is 82.9 Å². The van der Waals surface area contributed by atoms with Crippen LogP contribution < -0.4 is 15.5 Å². The summed E-state index contributed by atoms with van der Waals surface area (Å²) in [6.07, 6.45) is 0.483. The highest BCUT2D eigenvalue weighted by molar-refractivity contribution is 6.07. The molecule has 1 fully saturated rings. The van der Waals surface area contributed by atoms with Crippen LogP contribution in [0.15, 0.2) is 48.5 Å². The summed E-state index contributed by atoms with van der Waals surface area (Å²) in [5.41, 5.74) is 2.51. The Morgan fingerprint density at radius 1 is 1.10 bits per heavy atom. The van der Waals surface area contributed by atoms with Crippen molar-refractivity contribution in [1.29, 1.82) is 0 Å². The summed E-state index contributed by atoms with van der Waals surface area (Å²) >= 11 is 0. The van der Waals surface area contributed by atoms with Crippen molar-refractivity contribution in [3.05, 3.63) is 70.8 Å². The number of quaternary nitrogens is 1. The Kier molecular flexibility index (Phi) is 6.22. The molecule has 0 spiro atoms. The first-order valence-corrected chi connectivity index (χ1v) is 10.1. The number of aryl methyl sites for hydroxylation is 1. The number of rotatable bonds is 7. The number of urea groups is 1. The van der Waals surface area contributed by atoms with Crippen molar-refractivity contribution in [3.63, 3.8) is 0 Å². The molecule has 30 heavy (non-hydrogen) atoms. The SMILES string of the molecule is CC[C@]1(c2ccc(C)cc2)NC(=O)N(C[NH+](C)Cc2ccc(C(=O)NC)cc2)C1=O. The van der Waals surface area contributed by atoms with Gasteiger partial charge in [-0.15, -0.1) is 0 Å².